The quantitative estimate of drug-likeness (QED) is 0.644. The summed E-state index contributed by atoms with van der Waals surface area (Å²) in [5.41, 5.74) is 2.03. The molecular formula is C8H12N2O. The maximum Gasteiger partial charge on any atom is 0.115 e. The second-order valence-corrected chi connectivity index (χ2v) is 2.47. The topological polar surface area (TPSA) is 35.0 Å². The highest BCUT2D eigenvalue weighted by atomic mass is 16.5. The Bertz CT molecular complexity index is 237. The lowest BCUT2D eigenvalue weighted by molar-refractivity contribution is 0.115. The summed E-state index contributed by atoms with van der Waals surface area (Å²) in [6.07, 6.45) is 3.38. The third-order valence-corrected chi connectivity index (χ3v) is 1.67. The predicted molar refractivity (Wildman–Crippen MR) is 42.2 cm³/mol. The Kier molecular flexibility index (Phi) is 2.54. The molecule has 1 atom stereocenters. The molecule has 3 heteroatoms. The van der Waals surface area contributed by atoms with E-state index in [1.54, 1.807) is 13.3 Å². The Morgan fingerprint density at radius 3 is 2.82 bits per heavy atom. The van der Waals surface area contributed by atoms with Gasteiger partial charge in [-0.05, 0) is 19.4 Å². The molecule has 1 aromatic rings. The van der Waals surface area contributed by atoms with Gasteiger partial charge in [-0.25, -0.2) is 9.97 Å². The van der Waals surface area contributed by atoms with Gasteiger partial charge >= 0.3 is 0 Å². The van der Waals surface area contributed by atoms with Gasteiger partial charge in [0.1, 0.15) is 6.33 Å². The van der Waals surface area contributed by atoms with Crippen LogP contribution in [0.25, 0.3) is 0 Å². The van der Waals surface area contributed by atoms with Crippen molar-refractivity contribution in [3.8, 4) is 0 Å². The molecule has 0 aromatic carbocycles. The Hall–Kier alpha value is -0.960. The van der Waals surface area contributed by atoms with E-state index in [4.69, 9.17) is 4.74 Å². The fourth-order valence-electron chi connectivity index (χ4n) is 0.946. The van der Waals surface area contributed by atoms with Crippen molar-refractivity contribution in [2.24, 2.45) is 0 Å². The van der Waals surface area contributed by atoms with Gasteiger partial charge in [-0.1, -0.05) is 0 Å². The molecule has 0 saturated carbocycles. The molecule has 0 saturated heterocycles. The Morgan fingerprint density at radius 1 is 1.55 bits per heavy atom. The maximum absolute atomic E-state index is 5.13. The summed E-state index contributed by atoms with van der Waals surface area (Å²) in [7, 11) is 1.67. The van der Waals surface area contributed by atoms with Gasteiger partial charge in [0.15, 0.2) is 0 Å². The van der Waals surface area contributed by atoms with E-state index in [0.717, 1.165) is 11.3 Å². The average molecular weight is 152 g/mol. The van der Waals surface area contributed by atoms with Crippen LogP contribution in [0.1, 0.15) is 24.3 Å². The maximum atomic E-state index is 5.13. The zero-order valence-electron chi connectivity index (χ0n) is 7.03. The highest BCUT2D eigenvalue weighted by molar-refractivity contribution is 5.15. The highest BCUT2D eigenvalue weighted by Gasteiger charge is 2.07. The lowest BCUT2D eigenvalue weighted by atomic mass is 10.2. The van der Waals surface area contributed by atoms with Crippen LogP contribution in [0.2, 0.25) is 0 Å². The van der Waals surface area contributed by atoms with Crippen LogP contribution < -0.4 is 0 Å². The Balaban J connectivity index is 2.93. The molecule has 1 unspecified atom stereocenters. The molecule has 11 heavy (non-hydrogen) atoms. The van der Waals surface area contributed by atoms with Crippen LogP contribution in [0, 0.1) is 6.92 Å². The molecule has 0 aliphatic carbocycles. The minimum atomic E-state index is 0.0537. The largest absolute Gasteiger partial charge is 0.375 e. The lowest BCUT2D eigenvalue weighted by Crippen LogP contribution is -2.02. The highest BCUT2D eigenvalue weighted by Crippen LogP contribution is 2.14. The first-order valence-corrected chi connectivity index (χ1v) is 3.55. The number of hydrogen-bond acceptors (Lipinski definition) is 3. The van der Waals surface area contributed by atoms with E-state index in [1.165, 1.54) is 6.33 Å². The van der Waals surface area contributed by atoms with Crippen LogP contribution in [0.3, 0.4) is 0 Å². The number of methoxy groups -OCH3 is 1. The first kappa shape index (κ1) is 8.14. The molecule has 3 nitrogen and oxygen atoms in total. The summed E-state index contributed by atoms with van der Waals surface area (Å²) in [4.78, 5) is 8.01. The first-order chi connectivity index (χ1) is 5.25. The third-order valence-electron chi connectivity index (χ3n) is 1.67. The van der Waals surface area contributed by atoms with Gasteiger partial charge in [-0.2, -0.15) is 0 Å². The third kappa shape index (κ3) is 1.74. The second-order valence-electron chi connectivity index (χ2n) is 2.47. The van der Waals surface area contributed by atoms with Gasteiger partial charge in [0.2, 0.25) is 0 Å². The summed E-state index contributed by atoms with van der Waals surface area (Å²) in [6.45, 7) is 3.94. The number of rotatable bonds is 2. The van der Waals surface area contributed by atoms with Crippen LogP contribution in [0.4, 0.5) is 0 Å². The van der Waals surface area contributed by atoms with Gasteiger partial charge in [0, 0.05) is 13.3 Å². The molecule has 0 aliphatic heterocycles. The van der Waals surface area contributed by atoms with E-state index in [2.05, 4.69) is 9.97 Å². The summed E-state index contributed by atoms with van der Waals surface area (Å²) >= 11 is 0. The van der Waals surface area contributed by atoms with Crippen molar-refractivity contribution in [2.75, 3.05) is 7.11 Å². The minimum Gasteiger partial charge on any atom is -0.375 e. The van der Waals surface area contributed by atoms with Crippen LogP contribution in [0.5, 0.6) is 0 Å². The normalized spacial score (nSPS) is 13.0. The summed E-state index contributed by atoms with van der Waals surface area (Å²) in [5, 5.41) is 0. The smallest absolute Gasteiger partial charge is 0.115 e. The number of nitrogens with zero attached hydrogens (tertiary/aromatic N) is 2. The summed E-state index contributed by atoms with van der Waals surface area (Å²) in [6, 6.07) is 0. The van der Waals surface area contributed by atoms with Gasteiger partial charge < -0.3 is 4.74 Å². The zero-order valence-corrected chi connectivity index (χ0v) is 7.03. The summed E-state index contributed by atoms with van der Waals surface area (Å²) in [5.74, 6) is 0. The molecule has 0 N–H and O–H groups in total. The van der Waals surface area contributed by atoms with Crippen molar-refractivity contribution in [2.45, 2.75) is 20.0 Å². The number of aryl methyl sites for hydroxylation is 1. The molecular weight excluding hydrogens is 140 g/mol. The Morgan fingerprint density at radius 2 is 2.27 bits per heavy atom. The van der Waals surface area contributed by atoms with E-state index in [1.807, 2.05) is 13.8 Å². The van der Waals surface area contributed by atoms with Gasteiger partial charge in [-0.15, -0.1) is 0 Å². The monoisotopic (exact) mass is 152 g/mol. The van der Waals surface area contributed by atoms with Crippen molar-refractivity contribution in [1.29, 1.82) is 0 Å². The fraction of sp³-hybridized carbons (Fsp3) is 0.500. The predicted octanol–water partition coefficient (Wildman–Crippen LogP) is 1.49. The molecule has 0 amide bonds. The van der Waals surface area contributed by atoms with E-state index < -0.39 is 0 Å². The fourth-order valence-corrected chi connectivity index (χ4v) is 0.946. The van der Waals surface area contributed by atoms with Gasteiger partial charge in [0.05, 0.1) is 11.8 Å². The van der Waals surface area contributed by atoms with E-state index in [9.17, 15) is 0 Å². The van der Waals surface area contributed by atoms with Gasteiger partial charge in [-0.3, -0.25) is 0 Å². The molecule has 1 rings (SSSR count). The van der Waals surface area contributed by atoms with E-state index >= 15 is 0 Å². The molecule has 0 fully saturated rings. The van der Waals surface area contributed by atoms with Crippen LogP contribution in [0.15, 0.2) is 12.5 Å². The number of aromatic nitrogens is 2. The number of hydrogen-bond donors (Lipinski definition) is 0. The standard InChI is InChI=1S/C8H12N2O/c1-6-4-9-5-10-8(6)7(2)11-3/h4-5,7H,1-3H3. The van der Waals surface area contributed by atoms with Crippen LogP contribution in [-0.2, 0) is 4.74 Å². The molecule has 60 valence electrons. The first-order valence-electron chi connectivity index (χ1n) is 3.55. The molecule has 0 bridgehead atoms. The molecule has 0 spiro atoms. The van der Waals surface area contributed by atoms with E-state index in [-0.39, 0.29) is 6.10 Å². The minimum absolute atomic E-state index is 0.0537. The lowest BCUT2D eigenvalue weighted by Gasteiger charge is -2.09. The molecule has 0 aliphatic rings. The molecule has 0 radical (unpaired) electrons. The van der Waals surface area contributed by atoms with Crippen molar-refractivity contribution < 1.29 is 4.74 Å². The van der Waals surface area contributed by atoms with E-state index in [0.29, 0.717) is 0 Å². The zero-order chi connectivity index (χ0) is 8.27. The molecule has 1 heterocycles. The van der Waals surface area contributed by atoms with Crippen molar-refractivity contribution in [1.82, 2.24) is 9.97 Å². The van der Waals surface area contributed by atoms with Crippen molar-refractivity contribution in [3.05, 3.63) is 23.8 Å². The van der Waals surface area contributed by atoms with Crippen LogP contribution >= 0.6 is 0 Å². The second kappa shape index (κ2) is 3.44. The average Bonchev–Trinajstić information content (AvgIpc) is 2.04. The Labute approximate surface area is 66.4 Å². The molecule has 1 aromatic heterocycles. The SMILES string of the molecule is COC(C)c1ncncc1C. The van der Waals surface area contributed by atoms with Crippen molar-refractivity contribution >= 4 is 0 Å². The van der Waals surface area contributed by atoms with Gasteiger partial charge in [0.25, 0.3) is 0 Å². The van der Waals surface area contributed by atoms with Crippen LogP contribution in [-0.4, -0.2) is 17.1 Å². The van der Waals surface area contributed by atoms with Crippen molar-refractivity contribution in [3.63, 3.8) is 0 Å². The summed E-state index contributed by atoms with van der Waals surface area (Å²) < 4.78 is 5.13. The number of ether oxygens (including phenoxy) is 1.